The molecular weight excluding hydrogens is 460 g/mol. The van der Waals surface area contributed by atoms with E-state index in [1.54, 1.807) is 6.20 Å². The molecule has 35 heavy (non-hydrogen) atoms. The lowest BCUT2D eigenvalue weighted by Crippen LogP contribution is -2.11. The van der Waals surface area contributed by atoms with Gasteiger partial charge >= 0.3 is 5.97 Å². The molecule has 0 aliphatic carbocycles. The second kappa shape index (κ2) is 11.4. The number of hydrogen-bond donors (Lipinski definition) is 1. The van der Waals surface area contributed by atoms with Crippen molar-refractivity contribution in [3.8, 4) is 5.75 Å². The third-order valence-corrected chi connectivity index (χ3v) is 6.98. The lowest BCUT2D eigenvalue weighted by atomic mass is 9.96. The van der Waals surface area contributed by atoms with Gasteiger partial charge in [0.1, 0.15) is 12.3 Å². The Hall–Kier alpha value is -3.31. The molecule has 0 radical (unpaired) electrons. The van der Waals surface area contributed by atoms with Crippen LogP contribution in [0, 0.1) is 20.8 Å². The number of benzene rings is 2. The van der Waals surface area contributed by atoms with Gasteiger partial charge in [0.05, 0.1) is 12.1 Å². The fourth-order valence-corrected chi connectivity index (χ4v) is 4.64. The highest BCUT2D eigenvalue weighted by Gasteiger charge is 2.20. The first kappa shape index (κ1) is 26.3. The summed E-state index contributed by atoms with van der Waals surface area (Å²) in [6, 6.07) is 10.0. The van der Waals surface area contributed by atoms with E-state index >= 15 is 0 Å². The number of fused-ring (bicyclic) bond motifs is 1. The maximum absolute atomic E-state index is 11.8. The fourth-order valence-electron chi connectivity index (χ4n) is 4.53. The molecule has 0 fully saturated rings. The van der Waals surface area contributed by atoms with E-state index in [1.165, 1.54) is 0 Å². The summed E-state index contributed by atoms with van der Waals surface area (Å²) in [6.07, 6.45) is 5.32. The van der Waals surface area contributed by atoms with Crippen molar-refractivity contribution in [3.63, 3.8) is 0 Å². The van der Waals surface area contributed by atoms with E-state index in [0.717, 1.165) is 73.6 Å². The third kappa shape index (κ3) is 5.68. The van der Waals surface area contributed by atoms with Crippen molar-refractivity contribution in [1.82, 2.24) is 4.57 Å². The van der Waals surface area contributed by atoms with Crippen molar-refractivity contribution in [2.45, 2.75) is 54.0 Å². The van der Waals surface area contributed by atoms with Crippen LogP contribution in [0.4, 0.5) is 0 Å². The number of halogens is 1. The smallest absolute Gasteiger partial charge is 0.323 e. The summed E-state index contributed by atoms with van der Waals surface area (Å²) in [5.41, 5.74) is 7.92. The monoisotopic (exact) mass is 492 g/mol. The molecule has 0 aliphatic heterocycles. The van der Waals surface area contributed by atoms with Crippen LogP contribution in [0.25, 0.3) is 16.5 Å². The highest BCUT2D eigenvalue weighted by molar-refractivity contribution is 6.32. The average molecular weight is 493 g/mol. The Labute approximate surface area is 212 Å². The molecule has 0 aliphatic rings. The number of carboxylic acids is 1. The molecule has 1 aromatic heterocycles. The van der Waals surface area contributed by atoms with Crippen LogP contribution in [-0.2, 0) is 17.8 Å². The number of allylic oxidation sites excluding steroid dienone is 3. The minimum Gasteiger partial charge on any atom is -0.494 e. The standard InChI is InChI=1S/C29H33ClN2O3/c1-7-18(2)26(16-31-6)25-11-8-10-24-23(21(5)32(29(24)25)17-27(33)34)12-9-13-35-22-14-19(3)28(30)20(4)15-22/h7-8,10-11,14-16H,6,9,12-13,17H2,1-5H3,(H,33,34)/b18-7-,26-16+. The molecule has 2 aromatic carbocycles. The SMILES string of the molecule is C=N/C=C(\C(C)=C/C)c1cccc2c(CCCOc3cc(C)c(Cl)c(C)c3)c(C)n(CC(=O)O)c12. The van der Waals surface area contributed by atoms with Gasteiger partial charge in [-0.3, -0.25) is 9.79 Å². The molecule has 0 spiro atoms. The van der Waals surface area contributed by atoms with Crippen LogP contribution < -0.4 is 4.74 Å². The summed E-state index contributed by atoms with van der Waals surface area (Å²) < 4.78 is 7.91. The van der Waals surface area contributed by atoms with Crippen molar-refractivity contribution in [1.29, 1.82) is 0 Å². The molecule has 3 rings (SSSR count). The predicted molar refractivity (Wildman–Crippen MR) is 146 cm³/mol. The van der Waals surface area contributed by atoms with E-state index in [-0.39, 0.29) is 6.54 Å². The Morgan fingerprint density at radius 3 is 2.51 bits per heavy atom. The van der Waals surface area contributed by atoms with Gasteiger partial charge in [-0.1, -0.05) is 35.9 Å². The van der Waals surface area contributed by atoms with Gasteiger partial charge < -0.3 is 14.4 Å². The summed E-state index contributed by atoms with van der Waals surface area (Å²) in [5, 5.41) is 11.5. The Bertz CT molecular complexity index is 1310. The molecule has 1 N–H and O–H groups in total. The molecule has 0 saturated heterocycles. The quantitative estimate of drug-likeness (QED) is 0.183. The molecular formula is C29H33ClN2O3. The average Bonchev–Trinajstić information content (AvgIpc) is 3.08. The summed E-state index contributed by atoms with van der Waals surface area (Å²) >= 11 is 6.27. The summed E-state index contributed by atoms with van der Waals surface area (Å²) in [6.45, 7) is 14.0. The summed E-state index contributed by atoms with van der Waals surface area (Å²) in [4.78, 5) is 15.8. The Balaban J connectivity index is 1.97. The van der Waals surface area contributed by atoms with Gasteiger partial charge in [0, 0.05) is 33.4 Å². The van der Waals surface area contributed by atoms with Gasteiger partial charge in [-0.25, -0.2) is 0 Å². The van der Waals surface area contributed by atoms with Crippen molar-refractivity contribution < 1.29 is 14.6 Å². The number of aliphatic imine (C=N–C) groups is 1. The number of rotatable bonds is 10. The molecule has 0 bridgehead atoms. The van der Waals surface area contributed by atoms with E-state index < -0.39 is 5.97 Å². The number of hydrogen-bond acceptors (Lipinski definition) is 3. The maximum atomic E-state index is 11.8. The molecule has 0 atom stereocenters. The first-order chi connectivity index (χ1) is 16.7. The van der Waals surface area contributed by atoms with Crippen LogP contribution in [0.5, 0.6) is 5.75 Å². The fraction of sp³-hybridized carbons (Fsp3) is 0.310. The molecule has 3 aromatic rings. The Morgan fingerprint density at radius 2 is 1.91 bits per heavy atom. The molecule has 0 unspecified atom stereocenters. The van der Waals surface area contributed by atoms with Gasteiger partial charge in [0.25, 0.3) is 0 Å². The highest BCUT2D eigenvalue weighted by Crippen LogP contribution is 2.35. The number of aliphatic carboxylic acids is 1. The Morgan fingerprint density at radius 1 is 1.23 bits per heavy atom. The zero-order valence-electron chi connectivity index (χ0n) is 21.1. The molecule has 1 heterocycles. The van der Waals surface area contributed by atoms with Gasteiger partial charge in [-0.15, -0.1) is 0 Å². The topological polar surface area (TPSA) is 63.8 Å². The van der Waals surface area contributed by atoms with E-state index in [0.29, 0.717) is 6.61 Å². The number of aryl methyl sites for hydroxylation is 3. The minimum absolute atomic E-state index is 0.108. The third-order valence-electron chi connectivity index (χ3n) is 6.38. The zero-order chi connectivity index (χ0) is 25.7. The molecule has 5 nitrogen and oxygen atoms in total. The lowest BCUT2D eigenvalue weighted by molar-refractivity contribution is -0.137. The molecule has 6 heteroatoms. The highest BCUT2D eigenvalue weighted by atomic mass is 35.5. The van der Waals surface area contributed by atoms with E-state index in [2.05, 4.69) is 17.8 Å². The normalized spacial score (nSPS) is 12.3. The number of aromatic nitrogens is 1. The van der Waals surface area contributed by atoms with E-state index in [9.17, 15) is 9.90 Å². The second-order valence-electron chi connectivity index (χ2n) is 8.77. The number of carbonyl (C=O) groups is 1. The van der Waals surface area contributed by atoms with Crippen molar-refractivity contribution >= 4 is 40.8 Å². The second-order valence-corrected chi connectivity index (χ2v) is 9.14. The number of para-hydroxylation sites is 1. The zero-order valence-corrected chi connectivity index (χ0v) is 21.9. The van der Waals surface area contributed by atoms with Gasteiger partial charge in [-0.05, 0) is 88.6 Å². The number of nitrogens with zero attached hydrogens (tertiary/aromatic N) is 2. The lowest BCUT2D eigenvalue weighted by Gasteiger charge is -2.13. The summed E-state index contributed by atoms with van der Waals surface area (Å²) in [7, 11) is 0. The van der Waals surface area contributed by atoms with E-state index in [1.807, 2.05) is 69.5 Å². The van der Waals surface area contributed by atoms with Gasteiger partial charge in [0.2, 0.25) is 0 Å². The number of ether oxygens (including phenoxy) is 1. The van der Waals surface area contributed by atoms with Crippen molar-refractivity contribution in [2.24, 2.45) is 4.99 Å². The van der Waals surface area contributed by atoms with Crippen LogP contribution in [-0.4, -0.2) is 29.0 Å². The first-order valence-electron chi connectivity index (χ1n) is 11.7. The maximum Gasteiger partial charge on any atom is 0.323 e. The van der Waals surface area contributed by atoms with E-state index in [4.69, 9.17) is 16.3 Å². The van der Waals surface area contributed by atoms with Crippen molar-refractivity contribution in [2.75, 3.05) is 6.61 Å². The Kier molecular flexibility index (Phi) is 8.57. The summed E-state index contributed by atoms with van der Waals surface area (Å²) in [5.74, 6) is -0.0662. The van der Waals surface area contributed by atoms with Crippen LogP contribution >= 0.6 is 11.6 Å². The first-order valence-corrected chi connectivity index (χ1v) is 12.1. The van der Waals surface area contributed by atoms with Crippen LogP contribution in [0.3, 0.4) is 0 Å². The van der Waals surface area contributed by atoms with Crippen LogP contribution in [0.1, 0.15) is 48.2 Å². The van der Waals surface area contributed by atoms with Crippen LogP contribution in [0.2, 0.25) is 5.02 Å². The van der Waals surface area contributed by atoms with Gasteiger partial charge in [0.15, 0.2) is 0 Å². The minimum atomic E-state index is -0.877. The molecule has 0 saturated carbocycles. The van der Waals surface area contributed by atoms with Gasteiger partial charge in [-0.2, -0.15) is 0 Å². The molecule has 184 valence electrons. The largest absolute Gasteiger partial charge is 0.494 e. The van der Waals surface area contributed by atoms with Crippen molar-refractivity contribution in [3.05, 3.63) is 81.2 Å². The predicted octanol–water partition coefficient (Wildman–Crippen LogP) is 7.32. The van der Waals surface area contributed by atoms with Crippen LogP contribution in [0.15, 0.2) is 53.2 Å². The molecule has 0 amide bonds. The number of carboxylic acid groups (broad SMARTS) is 1.